The molecule has 0 aromatic rings. The molecule has 0 radical (unpaired) electrons. The Morgan fingerprint density at radius 1 is 1.17 bits per heavy atom. The summed E-state index contributed by atoms with van der Waals surface area (Å²) in [6, 6.07) is 0. The van der Waals surface area contributed by atoms with Gasteiger partial charge in [-0.25, -0.2) is 0 Å². The van der Waals surface area contributed by atoms with Crippen LogP contribution in [0, 0.1) is 0 Å². The van der Waals surface area contributed by atoms with Crippen molar-refractivity contribution < 1.29 is 9.84 Å². The molecule has 2 heterocycles. The van der Waals surface area contributed by atoms with Crippen LogP contribution in [0.15, 0.2) is 0 Å². The first-order valence-electron chi connectivity index (χ1n) is 7.32. The third kappa shape index (κ3) is 3.23. The van der Waals surface area contributed by atoms with Crippen molar-refractivity contribution in [1.82, 2.24) is 10.2 Å². The molecule has 106 valence electrons. The van der Waals surface area contributed by atoms with E-state index < -0.39 is 5.60 Å². The van der Waals surface area contributed by atoms with E-state index in [2.05, 4.69) is 17.1 Å². The fourth-order valence-electron chi connectivity index (χ4n) is 3.29. The number of β-amino-alcohol motifs (C(OH)–C–C–N with tert-alkyl or cyclic N) is 1. The van der Waals surface area contributed by atoms with Gasteiger partial charge >= 0.3 is 0 Å². The van der Waals surface area contributed by atoms with Crippen LogP contribution in [0.2, 0.25) is 0 Å². The molecule has 2 saturated heterocycles. The average molecular weight is 256 g/mol. The van der Waals surface area contributed by atoms with Crippen molar-refractivity contribution >= 4 is 0 Å². The van der Waals surface area contributed by atoms with Crippen LogP contribution in [0.5, 0.6) is 0 Å². The Morgan fingerprint density at radius 3 is 2.28 bits per heavy atom. The van der Waals surface area contributed by atoms with Crippen molar-refractivity contribution in [1.29, 1.82) is 0 Å². The number of rotatable bonds is 4. The first-order chi connectivity index (χ1) is 8.61. The largest absolute Gasteiger partial charge is 0.388 e. The molecular weight excluding hydrogens is 228 g/mol. The fraction of sp³-hybridized carbons (Fsp3) is 1.00. The van der Waals surface area contributed by atoms with Crippen LogP contribution in [0.3, 0.4) is 0 Å². The van der Waals surface area contributed by atoms with Gasteiger partial charge in [-0.1, -0.05) is 6.92 Å². The van der Waals surface area contributed by atoms with Crippen molar-refractivity contribution in [2.75, 3.05) is 39.8 Å². The predicted molar refractivity (Wildman–Crippen MR) is 72.8 cm³/mol. The van der Waals surface area contributed by atoms with Gasteiger partial charge in [0.15, 0.2) is 0 Å². The first-order valence-corrected chi connectivity index (χ1v) is 7.32. The molecule has 0 saturated carbocycles. The molecule has 0 aromatic heterocycles. The molecule has 0 bridgehead atoms. The van der Waals surface area contributed by atoms with Gasteiger partial charge in [0.05, 0.1) is 11.2 Å². The molecule has 4 heteroatoms. The summed E-state index contributed by atoms with van der Waals surface area (Å²) in [7, 11) is 1.83. The minimum atomic E-state index is -0.468. The van der Waals surface area contributed by atoms with Crippen LogP contribution < -0.4 is 5.32 Å². The summed E-state index contributed by atoms with van der Waals surface area (Å²) in [4.78, 5) is 2.41. The molecule has 2 aliphatic rings. The van der Waals surface area contributed by atoms with E-state index in [0.717, 1.165) is 64.8 Å². The number of hydrogen-bond acceptors (Lipinski definition) is 4. The van der Waals surface area contributed by atoms with Crippen molar-refractivity contribution in [3.05, 3.63) is 0 Å². The Morgan fingerprint density at radius 2 is 1.78 bits per heavy atom. The van der Waals surface area contributed by atoms with Gasteiger partial charge < -0.3 is 20.1 Å². The minimum absolute atomic E-state index is 0.0905. The molecule has 0 aromatic carbocycles. The summed E-state index contributed by atoms with van der Waals surface area (Å²) in [5.74, 6) is 0. The van der Waals surface area contributed by atoms with Crippen LogP contribution in [-0.4, -0.2) is 61.0 Å². The third-order valence-electron chi connectivity index (χ3n) is 4.90. The summed E-state index contributed by atoms with van der Waals surface area (Å²) in [5.41, 5.74) is -0.377. The zero-order valence-corrected chi connectivity index (χ0v) is 11.9. The SMILES string of the molecule is CCC1(OC)CCN(CC2(O)CCNCC2)CC1. The lowest BCUT2D eigenvalue weighted by Crippen LogP contribution is -2.53. The van der Waals surface area contributed by atoms with E-state index in [0.29, 0.717) is 0 Å². The average Bonchev–Trinajstić information content (AvgIpc) is 2.40. The van der Waals surface area contributed by atoms with E-state index in [1.165, 1.54) is 0 Å². The Bertz CT molecular complexity index is 251. The highest BCUT2D eigenvalue weighted by Crippen LogP contribution is 2.30. The van der Waals surface area contributed by atoms with E-state index in [4.69, 9.17) is 4.74 Å². The number of likely N-dealkylation sites (tertiary alicyclic amines) is 1. The fourth-order valence-corrected chi connectivity index (χ4v) is 3.29. The van der Waals surface area contributed by atoms with Crippen LogP contribution in [0.1, 0.15) is 39.0 Å². The van der Waals surface area contributed by atoms with Crippen molar-refractivity contribution in [2.24, 2.45) is 0 Å². The molecule has 0 atom stereocenters. The van der Waals surface area contributed by atoms with Crippen LogP contribution in [-0.2, 0) is 4.74 Å². The Labute approximate surface area is 111 Å². The minimum Gasteiger partial charge on any atom is -0.388 e. The van der Waals surface area contributed by atoms with Gasteiger partial charge in [-0.05, 0) is 45.2 Å². The van der Waals surface area contributed by atoms with Crippen LogP contribution in [0.4, 0.5) is 0 Å². The van der Waals surface area contributed by atoms with E-state index in [1.807, 2.05) is 7.11 Å². The zero-order chi connectivity index (χ0) is 13.1. The second-order valence-corrected chi connectivity index (χ2v) is 5.99. The van der Waals surface area contributed by atoms with Gasteiger partial charge in [0.2, 0.25) is 0 Å². The molecule has 0 aliphatic carbocycles. The number of nitrogens with zero attached hydrogens (tertiary/aromatic N) is 1. The summed E-state index contributed by atoms with van der Waals surface area (Å²) < 4.78 is 5.69. The molecule has 0 unspecified atom stereocenters. The van der Waals surface area contributed by atoms with E-state index in [1.54, 1.807) is 0 Å². The summed E-state index contributed by atoms with van der Waals surface area (Å²) in [6.07, 6.45) is 5.04. The number of ether oxygens (including phenoxy) is 1. The molecule has 2 aliphatic heterocycles. The smallest absolute Gasteiger partial charge is 0.0798 e. The van der Waals surface area contributed by atoms with Gasteiger partial charge in [-0.2, -0.15) is 0 Å². The van der Waals surface area contributed by atoms with E-state index in [9.17, 15) is 5.11 Å². The second kappa shape index (κ2) is 5.87. The highest BCUT2D eigenvalue weighted by Gasteiger charge is 2.36. The second-order valence-electron chi connectivity index (χ2n) is 5.99. The quantitative estimate of drug-likeness (QED) is 0.787. The predicted octanol–water partition coefficient (Wildman–Crippen LogP) is 0.992. The van der Waals surface area contributed by atoms with Crippen molar-refractivity contribution in [3.63, 3.8) is 0 Å². The van der Waals surface area contributed by atoms with Gasteiger partial charge in [0.25, 0.3) is 0 Å². The van der Waals surface area contributed by atoms with Crippen LogP contribution in [0.25, 0.3) is 0 Å². The molecular formula is C14H28N2O2. The van der Waals surface area contributed by atoms with E-state index >= 15 is 0 Å². The van der Waals surface area contributed by atoms with Crippen molar-refractivity contribution in [3.8, 4) is 0 Å². The van der Waals surface area contributed by atoms with Crippen molar-refractivity contribution in [2.45, 2.75) is 50.2 Å². The number of piperidine rings is 2. The van der Waals surface area contributed by atoms with Gasteiger partial charge in [0.1, 0.15) is 0 Å². The Hall–Kier alpha value is -0.160. The molecule has 4 nitrogen and oxygen atoms in total. The molecule has 2 fully saturated rings. The highest BCUT2D eigenvalue weighted by molar-refractivity contribution is 4.92. The van der Waals surface area contributed by atoms with Crippen LogP contribution >= 0.6 is 0 Å². The maximum Gasteiger partial charge on any atom is 0.0798 e. The lowest BCUT2D eigenvalue weighted by Gasteiger charge is -2.44. The highest BCUT2D eigenvalue weighted by atomic mass is 16.5. The van der Waals surface area contributed by atoms with Gasteiger partial charge in [-0.3, -0.25) is 0 Å². The molecule has 0 amide bonds. The summed E-state index contributed by atoms with van der Waals surface area (Å²) in [5, 5.41) is 13.9. The standard InChI is InChI=1S/C14H28N2O2/c1-3-14(18-2)6-10-16(11-7-14)12-13(17)4-8-15-9-5-13/h15,17H,3-12H2,1-2H3. The lowest BCUT2D eigenvalue weighted by atomic mass is 9.86. The summed E-state index contributed by atoms with van der Waals surface area (Å²) in [6.45, 7) is 7.04. The number of aliphatic hydroxyl groups is 1. The third-order valence-corrected chi connectivity index (χ3v) is 4.90. The number of hydrogen-bond donors (Lipinski definition) is 2. The molecule has 2 N–H and O–H groups in total. The van der Waals surface area contributed by atoms with Gasteiger partial charge in [-0.15, -0.1) is 0 Å². The molecule has 2 rings (SSSR count). The first kappa shape index (κ1) is 14.3. The van der Waals surface area contributed by atoms with Gasteiger partial charge in [0, 0.05) is 26.7 Å². The topological polar surface area (TPSA) is 44.7 Å². The lowest BCUT2D eigenvalue weighted by molar-refractivity contribution is -0.0803. The maximum absolute atomic E-state index is 10.6. The molecule has 18 heavy (non-hydrogen) atoms. The Kier molecular flexibility index (Phi) is 4.64. The summed E-state index contributed by atoms with van der Waals surface area (Å²) >= 11 is 0. The Balaban J connectivity index is 1.82. The number of nitrogens with one attached hydrogen (secondary N) is 1. The van der Waals surface area contributed by atoms with E-state index in [-0.39, 0.29) is 5.60 Å². The normalized spacial score (nSPS) is 28.2. The molecule has 0 spiro atoms. The monoisotopic (exact) mass is 256 g/mol. The number of methoxy groups -OCH3 is 1. The maximum atomic E-state index is 10.6. The zero-order valence-electron chi connectivity index (χ0n) is 11.9.